The van der Waals surface area contributed by atoms with Gasteiger partial charge in [0.25, 0.3) is 0 Å². The molecule has 0 radical (unpaired) electrons. The molecule has 0 N–H and O–H groups in total. The van der Waals surface area contributed by atoms with Gasteiger partial charge in [0.15, 0.2) is 0 Å². The Kier molecular flexibility index (Phi) is 8.55. The molecule has 0 bridgehead atoms. The fourth-order valence-electron chi connectivity index (χ4n) is 7.55. The Hall–Kier alpha value is -3.42. The van der Waals surface area contributed by atoms with Crippen molar-refractivity contribution in [2.45, 2.75) is 131 Å². The molecule has 0 spiro atoms. The Balaban J connectivity index is 1.41. The average molecular weight is 665 g/mol. The minimum Gasteiger partial charge on any atom is -0.0714 e. The topological polar surface area (TPSA) is 0 Å². The fourth-order valence-corrected chi connectivity index (χ4v) is 10.2. The molecule has 2 aliphatic rings. The summed E-state index contributed by atoms with van der Waals surface area (Å²) in [5.74, 6) is 0. The SMILES string of the molecule is CC(C)(C)c1cc(-c2cccc3c2C=C([Si](C)(C)C2=Cc4c(cccc4-c4cc(C(C)(C)C)cc(C(C)(C)C)c4)C2)C3)cc(C(C)(C)C)c1. The molecule has 0 aromatic heterocycles. The van der Waals surface area contributed by atoms with Gasteiger partial charge < -0.3 is 0 Å². The molecule has 0 atom stereocenters. The number of rotatable bonds is 4. The molecule has 4 aromatic rings. The molecule has 0 fully saturated rings. The maximum Gasteiger partial charge on any atom is 0.103 e. The molecular weight excluding hydrogens is 605 g/mol. The van der Waals surface area contributed by atoms with Gasteiger partial charge in [-0.2, -0.15) is 0 Å². The second-order valence-electron chi connectivity index (χ2n) is 19.7. The van der Waals surface area contributed by atoms with Gasteiger partial charge in [0.05, 0.1) is 0 Å². The highest BCUT2D eigenvalue weighted by Gasteiger charge is 2.36. The second kappa shape index (κ2) is 11.8. The van der Waals surface area contributed by atoms with Crippen molar-refractivity contribution in [2.24, 2.45) is 0 Å². The fraction of sp³-hybridized carbons (Fsp3) is 0.417. The van der Waals surface area contributed by atoms with Crippen molar-refractivity contribution in [1.82, 2.24) is 0 Å². The maximum absolute atomic E-state index is 2.60. The van der Waals surface area contributed by atoms with Gasteiger partial charge >= 0.3 is 0 Å². The summed E-state index contributed by atoms with van der Waals surface area (Å²) < 4.78 is 0. The molecule has 256 valence electrons. The number of fused-ring (bicyclic) bond motifs is 2. The van der Waals surface area contributed by atoms with E-state index in [0.717, 1.165) is 12.8 Å². The summed E-state index contributed by atoms with van der Waals surface area (Å²) in [7, 11) is -1.92. The number of hydrogen-bond acceptors (Lipinski definition) is 0. The molecule has 2 aliphatic carbocycles. The quantitative estimate of drug-likeness (QED) is 0.190. The van der Waals surface area contributed by atoms with E-state index >= 15 is 0 Å². The Morgan fingerprint density at radius 2 is 0.735 bits per heavy atom. The molecule has 0 saturated carbocycles. The zero-order chi connectivity index (χ0) is 35.9. The first-order valence-corrected chi connectivity index (χ1v) is 21.5. The zero-order valence-electron chi connectivity index (χ0n) is 33.0. The molecule has 6 rings (SSSR count). The van der Waals surface area contributed by atoms with Crippen LogP contribution in [0, 0.1) is 0 Å². The first-order chi connectivity index (χ1) is 22.5. The Morgan fingerprint density at radius 1 is 0.429 bits per heavy atom. The third kappa shape index (κ3) is 6.85. The highest BCUT2D eigenvalue weighted by atomic mass is 28.3. The molecular formula is C48H60Si. The number of benzene rings is 4. The summed E-state index contributed by atoms with van der Waals surface area (Å²) in [4.78, 5) is 0. The van der Waals surface area contributed by atoms with E-state index in [1.807, 2.05) is 0 Å². The van der Waals surface area contributed by atoms with E-state index in [2.05, 4.69) is 181 Å². The van der Waals surface area contributed by atoms with Crippen molar-refractivity contribution in [3.63, 3.8) is 0 Å². The average Bonchev–Trinajstić information content (AvgIpc) is 3.65. The predicted octanol–water partition coefficient (Wildman–Crippen LogP) is 13.6. The monoisotopic (exact) mass is 664 g/mol. The minimum atomic E-state index is -1.92. The standard InChI is InChI=1S/C48H60Si/c1-45(2,3)35-21-33(22-36(27-35)46(4,5)6)41-19-15-17-31-25-39(29-43(31)41)49(13,14)40-26-32-18-16-20-42(44(32)30-40)34-23-37(47(7,8)9)28-38(24-34)48(10,11)12/h15-24,27-30H,25-26H2,1-14H3. The van der Waals surface area contributed by atoms with Gasteiger partial charge in [-0.25, -0.2) is 0 Å². The van der Waals surface area contributed by atoms with Crippen LogP contribution < -0.4 is 0 Å². The Bertz CT molecular complexity index is 1790. The lowest BCUT2D eigenvalue weighted by Crippen LogP contribution is -2.32. The second-order valence-corrected chi connectivity index (χ2v) is 24.2. The van der Waals surface area contributed by atoms with Gasteiger partial charge in [0.1, 0.15) is 8.07 Å². The van der Waals surface area contributed by atoms with Crippen molar-refractivity contribution in [2.75, 3.05) is 0 Å². The van der Waals surface area contributed by atoms with Crippen molar-refractivity contribution in [3.8, 4) is 22.3 Å². The van der Waals surface area contributed by atoms with Crippen LogP contribution in [0.1, 0.15) is 128 Å². The molecule has 0 heterocycles. The number of hydrogen-bond donors (Lipinski definition) is 0. The third-order valence-corrected chi connectivity index (χ3v) is 15.2. The summed E-state index contributed by atoms with van der Waals surface area (Å²) >= 11 is 0. The van der Waals surface area contributed by atoms with Crippen LogP contribution in [0.25, 0.3) is 34.4 Å². The van der Waals surface area contributed by atoms with E-state index in [-0.39, 0.29) is 21.7 Å². The zero-order valence-corrected chi connectivity index (χ0v) is 34.0. The van der Waals surface area contributed by atoms with Crippen LogP contribution in [-0.2, 0) is 34.5 Å². The van der Waals surface area contributed by atoms with Crippen LogP contribution in [0.4, 0.5) is 0 Å². The van der Waals surface area contributed by atoms with Gasteiger partial charge in [-0.1, -0.05) is 192 Å². The summed E-state index contributed by atoms with van der Waals surface area (Å²) in [6, 6.07) is 28.7. The van der Waals surface area contributed by atoms with Crippen LogP contribution >= 0.6 is 0 Å². The highest BCUT2D eigenvalue weighted by molar-refractivity contribution is 6.92. The molecule has 0 amide bonds. The van der Waals surface area contributed by atoms with E-state index in [1.165, 1.54) is 66.8 Å². The van der Waals surface area contributed by atoms with Gasteiger partial charge in [0, 0.05) is 0 Å². The normalized spacial score (nSPS) is 15.2. The first-order valence-electron chi connectivity index (χ1n) is 18.5. The van der Waals surface area contributed by atoms with Gasteiger partial charge in [0.2, 0.25) is 0 Å². The predicted molar refractivity (Wildman–Crippen MR) is 219 cm³/mol. The summed E-state index contributed by atoms with van der Waals surface area (Å²) in [5.41, 5.74) is 17.3. The van der Waals surface area contributed by atoms with Crippen LogP contribution in [0.2, 0.25) is 13.1 Å². The summed E-state index contributed by atoms with van der Waals surface area (Å²) in [6.45, 7) is 33.2. The lowest BCUT2D eigenvalue weighted by atomic mass is 9.78. The highest BCUT2D eigenvalue weighted by Crippen LogP contribution is 2.45. The summed E-state index contributed by atoms with van der Waals surface area (Å²) in [5, 5.41) is 3.31. The lowest BCUT2D eigenvalue weighted by Gasteiger charge is -2.26. The van der Waals surface area contributed by atoms with E-state index in [0.29, 0.717) is 0 Å². The maximum atomic E-state index is 2.60. The van der Waals surface area contributed by atoms with Crippen LogP contribution in [0.3, 0.4) is 0 Å². The van der Waals surface area contributed by atoms with Gasteiger partial charge in [-0.3, -0.25) is 0 Å². The van der Waals surface area contributed by atoms with E-state index in [1.54, 1.807) is 10.4 Å². The molecule has 0 saturated heterocycles. The third-order valence-electron chi connectivity index (χ3n) is 11.3. The van der Waals surface area contributed by atoms with Gasteiger partial charge in [-0.05, 0) is 101 Å². The van der Waals surface area contributed by atoms with Crippen LogP contribution in [-0.4, -0.2) is 8.07 Å². The summed E-state index contributed by atoms with van der Waals surface area (Å²) in [6.07, 6.45) is 7.34. The van der Waals surface area contributed by atoms with Crippen molar-refractivity contribution >= 4 is 20.2 Å². The minimum absolute atomic E-state index is 0.0923. The molecule has 0 unspecified atom stereocenters. The molecule has 0 nitrogen and oxygen atoms in total. The molecule has 1 heteroatoms. The molecule has 49 heavy (non-hydrogen) atoms. The number of allylic oxidation sites excluding steroid dienone is 2. The van der Waals surface area contributed by atoms with E-state index in [9.17, 15) is 0 Å². The largest absolute Gasteiger partial charge is 0.103 e. The van der Waals surface area contributed by atoms with Crippen molar-refractivity contribution in [1.29, 1.82) is 0 Å². The first kappa shape index (κ1) is 35.4. The molecule has 4 aromatic carbocycles. The van der Waals surface area contributed by atoms with E-state index in [4.69, 9.17) is 0 Å². The van der Waals surface area contributed by atoms with Crippen molar-refractivity contribution in [3.05, 3.63) is 128 Å². The lowest BCUT2D eigenvalue weighted by molar-refractivity contribution is 0.568. The Labute approximate surface area is 299 Å². The molecule has 0 aliphatic heterocycles. The van der Waals surface area contributed by atoms with E-state index < -0.39 is 8.07 Å². The van der Waals surface area contributed by atoms with Crippen LogP contribution in [0.5, 0.6) is 0 Å². The van der Waals surface area contributed by atoms with Crippen molar-refractivity contribution < 1.29 is 0 Å². The van der Waals surface area contributed by atoms with Crippen LogP contribution in [0.15, 0.2) is 83.2 Å². The van der Waals surface area contributed by atoms with Gasteiger partial charge in [-0.15, -0.1) is 0 Å². The smallest absolute Gasteiger partial charge is 0.0714 e. The Morgan fingerprint density at radius 3 is 1.02 bits per heavy atom.